The highest BCUT2D eigenvalue weighted by molar-refractivity contribution is 7.71. The Morgan fingerprint density at radius 2 is 1.74 bits per heavy atom. The van der Waals surface area contributed by atoms with E-state index in [0.29, 0.717) is 22.4 Å². The molecule has 1 aliphatic rings. The van der Waals surface area contributed by atoms with Crippen molar-refractivity contribution in [1.29, 1.82) is 0 Å². The fourth-order valence-corrected chi connectivity index (χ4v) is 4.00. The molecule has 0 saturated carbocycles. The van der Waals surface area contributed by atoms with Crippen molar-refractivity contribution in [3.8, 4) is 11.5 Å². The lowest BCUT2D eigenvalue weighted by Crippen LogP contribution is -2.36. The number of hydrogen-bond acceptors (Lipinski definition) is 4. The molecule has 0 amide bonds. The van der Waals surface area contributed by atoms with E-state index in [-0.39, 0.29) is 0 Å². The monoisotopic (exact) mass is 399 g/mol. The Hall–Kier alpha value is -1.95. The first-order valence-corrected chi connectivity index (χ1v) is 10.1. The van der Waals surface area contributed by atoms with Gasteiger partial charge < -0.3 is 4.42 Å². The molecule has 2 aromatic carbocycles. The van der Waals surface area contributed by atoms with Crippen LogP contribution in [0.1, 0.15) is 18.4 Å². The zero-order valence-electron chi connectivity index (χ0n) is 15.1. The lowest BCUT2D eigenvalue weighted by Gasteiger charge is -2.31. The van der Waals surface area contributed by atoms with Gasteiger partial charge in [0.2, 0.25) is 5.89 Å². The number of rotatable bonds is 5. The summed E-state index contributed by atoms with van der Waals surface area (Å²) in [6.07, 6.45) is 3.55. The summed E-state index contributed by atoms with van der Waals surface area (Å²) in [6.45, 7) is 2.76. The van der Waals surface area contributed by atoms with Crippen molar-refractivity contribution in [3.05, 3.63) is 70.0 Å². The molecule has 1 aliphatic heterocycles. The first kappa shape index (κ1) is 18.4. The third-order valence-electron chi connectivity index (χ3n) is 5.12. The quantitative estimate of drug-likeness (QED) is 0.535. The van der Waals surface area contributed by atoms with E-state index in [2.05, 4.69) is 40.3 Å². The predicted octanol–water partition coefficient (Wildman–Crippen LogP) is 5.44. The van der Waals surface area contributed by atoms with Crippen LogP contribution in [-0.2, 0) is 13.1 Å². The molecule has 4 nitrogen and oxygen atoms in total. The molecule has 1 aromatic heterocycles. The van der Waals surface area contributed by atoms with E-state index >= 15 is 0 Å². The number of benzene rings is 2. The molecule has 140 valence electrons. The molecular formula is C21H22ClN3OS. The number of halogens is 1. The molecule has 0 radical (unpaired) electrons. The molecule has 0 spiro atoms. The van der Waals surface area contributed by atoms with E-state index in [9.17, 15) is 0 Å². The summed E-state index contributed by atoms with van der Waals surface area (Å²) in [5.74, 6) is 1.22. The number of likely N-dealkylation sites (tertiary alicyclic amines) is 1. The highest BCUT2D eigenvalue weighted by Crippen LogP contribution is 2.27. The van der Waals surface area contributed by atoms with Crippen molar-refractivity contribution in [3.63, 3.8) is 0 Å². The maximum absolute atomic E-state index is 6.24. The SMILES string of the molecule is S=c1oc(-c2ccccc2Cl)nn1CN1CCC(Cc2ccccc2)CC1. The maximum atomic E-state index is 6.24. The smallest absolute Gasteiger partial charge is 0.288 e. The van der Waals surface area contributed by atoms with Gasteiger partial charge in [0.1, 0.15) is 0 Å². The summed E-state index contributed by atoms with van der Waals surface area (Å²) in [5, 5.41) is 5.16. The minimum absolute atomic E-state index is 0.385. The Balaban J connectivity index is 1.37. The normalized spacial score (nSPS) is 15.9. The summed E-state index contributed by atoms with van der Waals surface area (Å²) < 4.78 is 7.43. The summed E-state index contributed by atoms with van der Waals surface area (Å²) >= 11 is 11.6. The topological polar surface area (TPSA) is 34.2 Å². The van der Waals surface area contributed by atoms with Gasteiger partial charge in [-0.05, 0) is 55.1 Å². The van der Waals surface area contributed by atoms with Crippen LogP contribution in [0.15, 0.2) is 59.0 Å². The molecule has 1 saturated heterocycles. The van der Waals surface area contributed by atoms with Crippen LogP contribution in [0, 0.1) is 10.8 Å². The van der Waals surface area contributed by atoms with Crippen molar-refractivity contribution in [1.82, 2.24) is 14.7 Å². The number of hydrogen-bond donors (Lipinski definition) is 0. The average Bonchev–Trinajstić information content (AvgIpc) is 3.05. The standard InChI is InChI=1S/C21H22ClN3OS/c22-19-9-5-4-8-18(19)20-23-25(21(27)26-20)15-24-12-10-17(11-13-24)14-16-6-2-1-3-7-16/h1-9,17H,10-15H2. The van der Waals surface area contributed by atoms with Gasteiger partial charge in [-0.1, -0.05) is 54.1 Å². The van der Waals surface area contributed by atoms with Gasteiger partial charge in [-0.15, -0.1) is 5.10 Å². The van der Waals surface area contributed by atoms with Crippen molar-refractivity contribution < 1.29 is 4.42 Å². The van der Waals surface area contributed by atoms with E-state index < -0.39 is 0 Å². The van der Waals surface area contributed by atoms with Gasteiger partial charge in [-0.25, -0.2) is 4.68 Å². The molecule has 1 fully saturated rings. The number of nitrogens with zero attached hydrogens (tertiary/aromatic N) is 3. The van der Waals surface area contributed by atoms with Crippen LogP contribution in [0.5, 0.6) is 0 Å². The van der Waals surface area contributed by atoms with Crippen molar-refractivity contribution in [2.24, 2.45) is 5.92 Å². The average molecular weight is 400 g/mol. The van der Waals surface area contributed by atoms with Crippen molar-refractivity contribution >= 4 is 23.8 Å². The molecule has 0 N–H and O–H groups in total. The van der Waals surface area contributed by atoms with Gasteiger partial charge in [0, 0.05) is 13.1 Å². The van der Waals surface area contributed by atoms with Crippen molar-refractivity contribution in [2.75, 3.05) is 13.1 Å². The summed E-state index contributed by atoms with van der Waals surface area (Å²) in [6, 6.07) is 18.3. The molecule has 0 aliphatic carbocycles. The second-order valence-corrected chi connectivity index (χ2v) is 7.80. The molecule has 3 aromatic rings. The van der Waals surface area contributed by atoms with E-state index in [0.717, 1.165) is 31.0 Å². The van der Waals surface area contributed by atoms with E-state index in [4.69, 9.17) is 28.2 Å². The third-order valence-corrected chi connectivity index (χ3v) is 5.74. The summed E-state index contributed by atoms with van der Waals surface area (Å²) in [4.78, 5) is 2.77. The summed E-state index contributed by atoms with van der Waals surface area (Å²) in [7, 11) is 0. The summed E-state index contributed by atoms with van der Waals surface area (Å²) in [5.41, 5.74) is 2.20. The molecule has 27 heavy (non-hydrogen) atoms. The molecule has 0 bridgehead atoms. The second kappa shape index (κ2) is 8.38. The first-order chi connectivity index (χ1) is 13.2. The van der Waals surface area contributed by atoms with Crippen LogP contribution < -0.4 is 0 Å². The Morgan fingerprint density at radius 3 is 2.48 bits per heavy atom. The maximum Gasteiger partial charge on any atom is 0.288 e. The Bertz CT molecular complexity index is 945. The van der Waals surface area contributed by atoms with Gasteiger partial charge in [0.15, 0.2) is 0 Å². The van der Waals surface area contributed by atoms with Gasteiger partial charge >= 0.3 is 0 Å². The molecule has 0 unspecified atom stereocenters. The zero-order valence-corrected chi connectivity index (χ0v) is 16.6. The van der Waals surface area contributed by atoms with Gasteiger partial charge in [-0.2, -0.15) is 0 Å². The number of piperidine rings is 1. The molecule has 4 rings (SSSR count). The highest BCUT2D eigenvalue weighted by atomic mass is 35.5. The van der Waals surface area contributed by atoms with Crippen molar-refractivity contribution in [2.45, 2.75) is 25.9 Å². The Kier molecular flexibility index (Phi) is 5.72. The second-order valence-electron chi connectivity index (χ2n) is 7.05. The highest BCUT2D eigenvalue weighted by Gasteiger charge is 2.21. The Labute approximate surface area is 169 Å². The minimum atomic E-state index is 0.385. The fraction of sp³-hybridized carbons (Fsp3) is 0.333. The Morgan fingerprint density at radius 1 is 1.04 bits per heavy atom. The number of aromatic nitrogens is 2. The van der Waals surface area contributed by atoms with Crippen LogP contribution >= 0.6 is 23.8 Å². The molecule has 0 atom stereocenters. The van der Waals surface area contributed by atoms with Gasteiger partial charge in [0.25, 0.3) is 4.84 Å². The third kappa shape index (κ3) is 4.49. The lowest BCUT2D eigenvalue weighted by atomic mass is 9.90. The predicted molar refractivity (Wildman–Crippen MR) is 110 cm³/mol. The molecule has 6 heteroatoms. The van der Waals surface area contributed by atoms with Crippen LogP contribution in [0.3, 0.4) is 0 Å². The molecular weight excluding hydrogens is 378 g/mol. The van der Waals surface area contributed by atoms with Gasteiger partial charge in [-0.3, -0.25) is 4.90 Å². The first-order valence-electron chi connectivity index (χ1n) is 9.28. The van der Waals surface area contributed by atoms with Gasteiger partial charge in [0.05, 0.1) is 17.3 Å². The van der Waals surface area contributed by atoms with E-state index in [1.165, 1.54) is 18.4 Å². The van der Waals surface area contributed by atoms with Crippen LogP contribution in [-0.4, -0.2) is 27.8 Å². The molecule has 2 heterocycles. The van der Waals surface area contributed by atoms with Crippen LogP contribution in [0.4, 0.5) is 0 Å². The fourth-order valence-electron chi connectivity index (χ4n) is 3.61. The zero-order chi connectivity index (χ0) is 18.6. The van der Waals surface area contributed by atoms with E-state index in [1.807, 2.05) is 24.3 Å². The lowest BCUT2D eigenvalue weighted by molar-refractivity contribution is 0.138. The van der Waals surface area contributed by atoms with Crippen LogP contribution in [0.2, 0.25) is 5.02 Å². The van der Waals surface area contributed by atoms with Crippen LogP contribution in [0.25, 0.3) is 11.5 Å². The van der Waals surface area contributed by atoms with E-state index in [1.54, 1.807) is 4.68 Å². The largest absolute Gasteiger partial charge is 0.409 e. The minimum Gasteiger partial charge on any atom is -0.409 e.